The van der Waals surface area contributed by atoms with Crippen LogP contribution in [0.5, 0.6) is 0 Å². The van der Waals surface area contributed by atoms with E-state index in [2.05, 4.69) is 25.9 Å². The van der Waals surface area contributed by atoms with Crippen molar-refractivity contribution in [2.75, 3.05) is 0 Å². The van der Waals surface area contributed by atoms with Gasteiger partial charge in [-0.1, -0.05) is 0 Å². The van der Waals surface area contributed by atoms with Crippen LogP contribution in [0.4, 0.5) is 0 Å². The number of halogens is 1. The SMILES string of the molecule is NCc1cn2cc(Br)cnc2n1. The zero-order chi connectivity index (χ0) is 8.55. The van der Waals surface area contributed by atoms with Crippen molar-refractivity contribution in [1.82, 2.24) is 14.4 Å². The van der Waals surface area contributed by atoms with Gasteiger partial charge in [0.05, 0.1) is 10.2 Å². The summed E-state index contributed by atoms with van der Waals surface area (Å²) in [6.07, 6.45) is 5.48. The van der Waals surface area contributed by atoms with E-state index in [1.807, 2.05) is 16.8 Å². The smallest absolute Gasteiger partial charge is 0.234 e. The van der Waals surface area contributed by atoms with Crippen LogP contribution >= 0.6 is 15.9 Å². The van der Waals surface area contributed by atoms with Crippen LogP contribution in [-0.2, 0) is 6.54 Å². The second kappa shape index (κ2) is 2.84. The predicted molar refractivity (Wildman–Crippen MR) is 48.6 cm³/mol. The Kier molecular flexibility index (Phi) is 1.82. The molecule has 0 aliphatic carbocycles. The van der Waals surface area contributed by atoms with Gasteiger partial charge in [-0.2, -0.15) is 0 Å². The summed E-state index contributed by atoms with van der Waals surface area (Å²) in [6.45, 7) is 0.445. The van der Waals surface area contributed by atoms with Gasteiger partial charge in [-0.3, -0.25) is 4.40 Å². The minimum Gasteiger partial charge on any atom is -0.325 e. The number of nitrogens with two attached hydrogens (primary N) is 1. The standard InChI is InChI=1S/C7H7BrN4/c8-5-2-10-7-11-6(1-9)4-12(7)3-5/h2-4H,1,9H2. The van der Waals surface area contributed by atoms with E-state index in [1.54, 1.807) is 6.20 Å². The molecule has 2 heterocycles. The molecular weight excluding hydrogens is 220 g/mol. The minimum atomic E-state index is 0.445. The highest BCUT2D eigenvalue weighted by molar-refractivity contribution is 9.10. The maximum atomic E-state index is 5.44. The van der Waals surface area contributed by atoms with E-state index >= 15 is 0 Å². The molecule has 0 aromatic carbocycles. The molecule has 0 fully saturated rings. The molecule has 62 valence electrons. The molecule has 5 heteroatoms. The van der Waals surface area contributed by atoms with Gasteiger partial charge < -0.3 is 5.73 Å². The summed E-state index contributed by atoms with van der Waals surface area (Å²) in [5, 5.41) is 0. The first-order valence-electron chi connectivity index (χ1n) is 3.49. The molecular formula is C7H7BrN4. The summed E-state index contributed by atoms with van der Waals surface area (Å²) in [5.41, 5.74) is 6.28. The van der Waals surface area contributed by atoms with Gasteiger partial charge >= 0.3 is 0 Å². The molecule has 0 aliphatic heterocycles. The lowest BCUT2D eigenvalue weighted by Gasteiger charge is -1.90. The molecule has 0 unspecified atom stereocenters. The van der Waals surface area contributed by atoms with E-state index in [9.17, 15) is 0 Å². The molecule has 2 aromatic rings. The van der Waals surface area contributed by atoms with E-state index in [0.717, 1.165) is 10.2 Å². The van der Waals surface area contributed by atoms with Crippen LogP contribution in [0.2, 0.25) is 0 Å². The molecule has 0 aliphatic rings. The Morgan fingerprint density at radius 1 is 1.50 bits per heavy atom. The summed E-state index contributed by atoms with van der Waals surface area (Å²) in [4.78, 5) is 8.28. The maximum absolute atomic E-state index is 5.44. The second-order valence-electron chi connectivity index (χ2n) is 2.42. The molecule has 12 heavy (non-hydrogen) atoms. The molecule has 0 amide bonds. The number of nitrogens with zero attached hydrogens (tertiary/aromatic N) is 3. The van der Waals surface area contributed by atoms with Gasteiger partial charge in [0.15, 0.2) is 0 Å². The molecule has 2 aromatic heterocycles. The van der Waals surface area contributed by atoms with Gasteiger partial charge in [0.2, 0.25) is 5.78 Å². The average molecular weight is 227 g/mol. The van der Waals surface area contributed by atoms with Crippen molar-refractivity contribution >= 4 is 21.7 Å². The van der Waals surface area contributed by atoms with Gasteiger partial charge in [0.1, 0.15) is 0 Å². The topological polar surface area (TPSA) is 56.2 Å². The number of rotatable bonds is 1. The summed E-state index contributed by atoms with van der Waals surface area (Å²) in [6, 6.07) is 0. The molecule has 0 radical (unpaired) electrons. The first-order valence-corrected chi connectivity index (χ1v) is 4.28. The van der Waals surface area contributed by atoms with Crippen molar-refractivity contribution < 1.29 is 0 Å². The van der Waals surface area contributed by atoms with Crippen molar-refractivity contribution in [2.45, 2.75) is 6.54 Å². The molecule has 0 saturated heterocycles. The highest BCUT2D eigenvalue weighted by Gasteiger charge is 1.99. The highest BCUT2D eigenvalue weighted by atomic mass is 79.9. The van der Waals surface area contributed by atoms with Crippen LogP contribution in [0.25, 0.3) is 5.78 Å². The third-order valence-corrected chi connectivity index (χ3v) is 1.95. The molecule has 0 bridgehead atoms. The number of fused-ring (bicyclic) bond motifs is 1. The van der Waals surface area contributed by atoms with Gasteiger partial charge in [-0.25, -0.2) is 9.97 Å². The van der Waals surface area contributed by atoms with E-state index in [-0.39, 0.29) is 0 Å². The van der Waals surface area contributed by atoms with Crippen molar-refractivity contribution in [3.8, 4) is 0 Å². The third kappa shape index (κ3) is 1.21. The molecule has 0 spiro atoms. The largest absolute Gasteiger partial charge is 0.325 e. The van der Waals surface area contributed by atoms with Crippen LogP contribution in [-0.4, -0.2) is 14.4 Å². The first-order chi connectivity index (χ1) is 5.79. The van der Waals surface area contributed by atoms with Gasteiger partial charge in [-0.05, 0) is 15.9 Å². The Hall–Kier alpha value is -0.940. The van der Waals surface area contributed by atoms with Crippen molar-refractivity contribution in [3.63, 3.8) is 0 Å². The van der Waals surface area contributed by atoms with E-state index in [4.69, 9.17) is 5.73 Å². The third-order valence-electron chi connectivity index (χ3n) is 1.54. The maximum Gasteiger partial charge on any atom is 0.234 e. The zero-order valence-corrected chi connectivity index (χ0v) is 7.82. The Morgan fingerprint density at radius 2 is 2.33 bits per heavy atom. The summed E-state index contributed by atoms with van der Waals surface area (Å²) < 4.78 is 2.77. The Balaban J connectivity index is 2.67. The van der Waals surface area contributed by atoms with Gasteiger partial charge in [0.25, 0.3) is 0 Å². The summed E-state index contributed by atoms with van der Waals surface area (Å²) in [5.74, 6) is 0.679. The van der Waals surface area contributed by atoms with Crippen LogP contribution in [0.3, 0.4) is 0 Å². The monoisotopic (exact) mass is 226 g/mol. The molecule has 0 saturated carbocycles. The highest BCUT2D eigenvalue weighted by Crippen LogP contribution is 2.09. The summed E-state index contributed by atoms with van der Waals surface area (Å²) in [7, 11) is 0. The second-order valence-corrected chi connectivity index (χ2v) is 3.33. The van der Waals surface area contributed by atoms with E-state index in [0.29, 0.717) is 12.3 Å². The predicted octanol–water partition coefficient (Wildman–Crippen LogP) is 0.951. The quantitative estimate of drug-likeness (QED) is 0.788. The minimum absolute atomic E-state index is 0.445. The van der Waals surface area contributed by atoms with Gasteiger partial charge in [-0.15, -0.1) is 0 Å². The zero-order valence-electron chi connectivity index (χ0n) is 6.24. The number of aromatic nitrogens is 3. The normalized spacial score (nSPS) is 10.8. The van der Waals surface area contributed by atoms with Crippen molar-refractivity contribution in [1.29, 1.82) is 0 Å². The Bertz CT molecular complexity index is 409. The fourth-order valence-electron chi connectivity index (χ4n) is 1.01. The first kappa shape index (κ1) is 7.70. The molecule has 0 atom stereocenters. The van der Waals surface area contributed by atoms with Gasteiger partial charge in [0, 0.05) is 25.1 Å². The number of imidazole rings is 1. The van der Waals surface area contributed by atoms with Crippen LogP contribution in [0.1, 0.15) is 5.69 Å². The van der Waals surface area contributed by atoms with Crippen LogP contribution in [0.15, 0.2) is 23.1 Å². The Labute approximate surface area is 77.6 Å². The lowest BCUT2D eigenvalue weighted by atomic mass is 10.5. The fraction of sp³-hybridized carbons (Fsp3) is 0.143. The fourth-order valence-corrected chi connectivity index (χ4v) is 1.33. The van der Waals surface area contributed by atoms with Crippen LogP contribution < -0.4 is 5.73 Å². The van der Waals surface area contributed by atoms with Crippen molar-refractivity contribution in [3.05, 3.63) is 28.8 Å². The Morgan fingerprint density at radius 3 is 3.08 bits per heavy atom. The lowest BCUT2D eigenvalue weighted by molar-refractivity contribution is 1.01. The average Bonchev–Trinajstić information content (AvgIpc) is 2.46. The number of hydrogen-bond acceptors (Lipinski definition) is 3. The molecule has 2 rings (SSSR count). The summed E-state index contributed by atoms with van der Waals surface area (Å²) >= 11 is 3.32. The number of hydrogen-bond donors (Lipinski definition) is 1. The molecule has 4 nitrogen and oxygen atoms in total. The van der Waals surface area contributed by atoms with E-state index in [1.165, 1.54) is 0 Å². The van der Waals surface area contributed by atoms with Crippen LogP contribution in [0, 0.1) is 0 Å². The van der Waals surface area contributed by atoms with E-state index < -0.39 is 0 Å². The molecule has 2 N–H and O–H groups in total. The van der Waals surface area contributed by atoms with Crippen molar-refractivity contribution in [2.24, 2.45) is 5.73 Å². The lowest BCUT2D eigenvalue weighted by Crippen LogP contribution is -1.95.